The van der Waals surface area contributed by atoms with Crippen LogP contribution in [0.2, 0.25) is 20.1 Å². The number of ether oxygens (including phenoxy) is 1. The second-order valence-corrected chi connectivity index (χ2v) is 8.18. The van der Waals surface area contributed by atoms with Crippen molar-refractivity contribution in [2.45, 2.75) is 0 Å². The summed E-state index contributed by atoms with van der Waals surface area (Å²) < 4.78 is 5.81. The van der Waals surface area contributed by atoms with E-state index in [4.69, 9.17) is 51.1 Å². The van der Waals surface area contributed by atoms with Gasteiger partial charge < -0.3 is 15.4 Å². The van der Waals surface area contributed by atoms with Crippen molar-refractivity contribution >= 4 is 85.3 Å². The van der Waals surface area contributed by atoms with Crippen molar-refractivity contribution in [1.82, 2.24) is 5.32 Å². The molecule has 0 aliphatic heterocycles. The molecule has 1 aromatic heterocycles. The van der Waals surface area contributed by atoms with Gasteiger partial charge in [-0.2, -0.15) is 0 Å². The molecule has 0 saturated carbocycles. The van der Waals surface area contributed by atoms with Gasteiger partial charge in [0, 0.05) is 10.4 Å². The van der Waals surface area contributed by atoms with Gasteiger partial charge in [0.15, 0.2) is 0 Å². The molecule has 0 aliphatic rings. The molecule has 146 valence electrons. The van der Waals surface area contributed by atoms with E-state index in [0.29, 0.717) is 36.6 Å². The van der Waals surface area contributed by atoms with Gasteiger partial charge in [0.1, 0.15) is 15.6 Å². The molecular formula is C18H12Cl4N2O3S. The van der Waals surface area contributed by atoms with Gasteiger partial charge in [-0.05, 0) is 30.3 Å². The molecule has 28 heavy (non-hydrogen) atoms. The highest BCUT2D eigenvalue weighted by atomic mass is 35.5. The topological polar surface area (TPSA) is 67.4 Å². The van der Waals surface area contributed by atoms with Crippen LogP contribution in [0.5, 0.6) is 5.75 Å². The minimum Gasteiger partial charge on any atom is -0.495 e. The molecular weight excluding hydrogens is 466 g/mol. The van der Waals surface area contributed by atoms with Gasteiger partial charge in [0.05, 0.1) is 34.1 Å². The van der Waals surface area contributed by atoms with E-state index in [9.17, 15) is 9.59 Å². The normalized spacial score (nSPS) is 10.8. The fraction of sp³-hybridized carbons (Fsp3) is 0.111. The molecule has 2 amide bonds. The standard InChI is InChI=1S/C18H12Cl4N2O3S/c1-27-12-5-3-9-14(21)17(28-16(9)15(12)22)18(26)23-7-13(25)24-11-6-8(19)2-4-10(11)20/h2-6H,7H2,1H3,(H,23,26)(H,24,25). The highest BCUT2D eigenvalue weighted by Gasteiger charge is 2.20. The first-order chi connectivity index (χ1) is 13.3. The van der Waals surface area contributed by atoms with Gasteiger partial charge in [-0.15, -0.1) is 11.3 Å². The molecule has 10 heteroatoms. The van der Waals surface area contributed by atoms with Crippen LogP contribution in [0.25, 0.3) is 10.1 Å². The number of carbonyl (C=O) groups excluding carboxylic acids is 2. The lowest BCUT2D eigenvalue weighted by Crippen LogP contribution is -2.32. The molecule has 0 fully saturated rings. The van der Waals surface area contributed by atoms with Crippen molar-refractivity contribution in [1.29, 1.82) is 0 Å². The number of carbonyl (C=O) groups is 2. The van der Waals surface area contributed by atoms with Crippen molar-refractivity contribution in [3.63, 3.8) is 0 Å². The molecule has 0 atom stereocenters. The molecule has 1 heterocycles. The van der Waals surface area contributed by atoms with Crippen molar-refractivity contribution in [3.8, 4) is 5.75 Å². The number of benzene rings is 2. The lowest BCUT2D eigenvalue weighted by Gasteiger charge is -2.08. The number of methoxy groups -OCH3 is 1. The molecule has 0 spiro atoms. The predicted octanol–water partition coefficient (Wildman–Crippen LogP) is 5.89. The lowest BCUT2D eigenvalue weighted by atomic mass is 10.2. The van der Waals surface area contributed by atoms with Crippen molar-refractivity contribution in [2.24, 2.45) is 0 Å². The third kappa shape index (κ3) is 4.31. The first-order valence-corrected chi connectivity index (χ1v) is 10.1. The number of fused-ring (bicyclic) bond motifs is 1. The van der Waals surface area contributed by atoms with Crippen LogP contribution in [-0.4, -0.2) is 25.5 Å². The zero-order valence-corrected chi connectivity index (χ0v) is 18.1. The smallest absolute Gasteiger partial charge is 0.263 e. The maximum absolute atomic E-state index is 12.5. The van der Waals surface area contributed by atoms with E-state index in [-0.39, 0.29) is 16.4 Å². The van der Waals surface area contributed by atoms with Gasteiger partial charge in [-0.25, -0.2) is 0 Å². The van der Waals surface area contributed by atoms with Gasteiger partial charge >= 0.3 is 0 Å². The van der Waals surface area contributed by atoms with E-state index >= 15 is 0 Å². The van der Waals surface area contributed by atoms with Crippen LogP contribution in [0.1, 0.15) is 9.67 Å². The highest BCUT2D eigenvalue weighted by Crippen LogP contribution is 2.42. The number of hydrogen-bond donors (Lipinski definition) is 2. The van der Waals surface area contributed by atoms with Gasteiger partial charge in [-0.3, -0.25) is 9.59 Å². The SMILES string of the molecule is COc1ccc2c(Cl)c(C(=O)NCC(=O)Nc3cc(Cl)ccc3Cl)sc2c1Cl. The van der Waals surface area contributed by atoms with Crippen LogP contribution in [0.4, 0.5) is 5.69 Å². The molecule has 2 N–H and O–H groups in total. The van der Waals surface area contributed by atoms with E-state index in [0.717, 1.165) is 11.3 Å². The Kier molecular flexibility index (Phi) is 6.58. The molecule has 3 rings (SSSR count). The number of rotatable bonds is 5. The predicted molar refractivity (Wildman–Crippen MR) is 116 cm³/mol. The van der Waals surface area contributed by atoms with E-state index in [1.807, 2.05) is 0 Å². The maximum Gasteiger partial charge on any atom is 0.263 e. The van der Waals surface area contributed by atoms with Gasteiger partial charge in [-0.1, -0.05) is 46.4 Å². The van der Waals surface area contributed by atoms with Crippen LogP contribution in [-0.2, 0) is 4.79 Å². The zero-order chi connectivity index (χ0) is 20.4. The Morgan fingerprint density at radius 2 is 1.82 bits per heavy atom. The van der Waals surface area contributed by atoms with Crippen LogP contribution in [0.3, 0.4) is 0 Å². The second kappa shape index (κ2) is 8.76. The first kappa shape index (κ1) is 21.0. The quantitative estimate of drug-likeness (QED) is 0.481. The number of amides is 2. The van der Waals surface area contributed by atoms with Crippen LogP contribution in [0, 0.1) is 0 Å². The summed E-state index contributed by atoms with van der Waals surface area (Å²) in [7, 11) is 1.50. The molecule has 0 aliphatic carbocycles. The summed E-state index contributed by atoms with van der Waals surface area (Å²) in [5, 5.41) is 7.15. The maximum atomic E-state index is 12.5. The molecule has 0 bridgehead atoms. The Bertz CT molecular complexity index is 1080. The summed E-state index contributed by atoms with van der Waals surface area (Å²) >= 11 is 25.6. The average molecular weight is 478 g/mol. The lowest BCUT2D eigenvalue weighted by molar-refractivity contribution is -0.115. The Balaban J connectivity index is 1.73. The van der Waals surface area contributed by atoms with Crippen LogP contribution in [0.15, 0.2) is 30.3 Å². The molecule has 0 unspecified atom stereocenters. The summed E-state index contributed by atoms with van der Waals surface area (Å²) in [5.41, 5.74) is 0.354. The number of thiophene rings is 1. The number of hydrogen-bond acceptors (Lipinski definition) is 4. The Hall–Kier alpha value is -1.70. The first-order valence-electron chi connectivity index (χ1n) is 7.79. The Morgan fingerprint density at radius 1 is 1.07 bits per heavy atom. The summed E-state index contributed by atoms with van der Waals surface area (Å²) in [6.07, 6.45) is 0. The minimum absolute atomic E-state index is 0.250. The summed E-state index contributed by atoms with van der Waals surface area (Å²) in [6, 6.07) is 8.08. The van der Waals surface area contributed by atoms with Crippen LogP contribution < -0.4 is 15.4 Å². The summed E-state index contributed by atoms with van der Waals surface area (Å²) in [4.78, 5) is 24.9. The molecule has 0 saturated heterocycles. The van der Waals surface area contributed by atoms with E-state index in [2.05, 4.69) is 10.6 Å². The molecule has 0 radical (unpaired) electrons. The van der Waals surface area contributed by atoms with Crippen molar-refractivity contribution in [3.05, 3.63) is 55.3 Å². The largest absolute Gasteiger partial charge is 0.495 e. The van der Waals surface area contributed by atoms with Gasteiger partial charge in [0.25, 0.3) is 5.91 Å². The molecule has 5 nitrogen and oxygen atoms in total. The van der Waals surface area contributed by atoms with E-state index in [1.165, 1.54) is 13.2 Å². The third-order valence-electron chi connectivity index (χ3n) is 3.74. The van der Waals surface area contributed by atoms with E-state index < -0.39 is 11.8 Å². The monoisotopic (exact) mass is 476 g/mol. The third-order valence-corrected chi connectivity index (χ3v) is 6.52. The summed E-state index contributed by atoms with van der Waals surface area (Å²) in [6.45, 7) is -0.275. The minimum atomic E-state index is -0.492. The number of nitrogens with one attached hydrogen (secondary N) is 2. The van der Waals surface area contributed by atoms with Crippen molar-refractivity contribution in [2.75, 3.05) is 19.0 Å². The average Bonchev–Trinajstić information content (AvgIpc) is 3.01. The number of anilines is 1. The Labute approximate surface area is 184 Å². The van der Waals surface area contributed by atoms with Gasteiger partial charge in [0.2, 0.25) is 5.91 Å². The molecule has 3 aromatic rings. The van der Waals surface area contributed by atoms with E-state index in [1.54, 1.807) is 24.3 Å². The fourth-order valence-electron chi connectivity index (χ4n) is 2.41. The zero-order valence-electron chi connectivity index (χ0n) is 14.2. The fourth-order valence-corrected chi connectivity index (χ4v) is 4.56. The second-order valence-electron chi connectivity index (χ2n) is 5.56. The van der Waals surface area contributed by atoms with Crippen molar-refractivity contribution < 1.29 is 14.3 Å². The summed E-state index contributed by atoms with van der Waals surface area (Å²) in [5.74, 6) is -0.472. The Morgan fingerprint density at radius 3 is 2.54 bits per heavy atom. The van der Waals surface area contributed by atoms with Crippen LogP contribution >= 0.6 is 57.7 Å². The number of halogens is 4. The highest BCUT2D eigenvalue weighted by molar-refractivity contribution is 7.22. The molecule has 2 aromatic carbocycles.